The lowest BCUT2D eigenvalue weighted by Gasteiger charge is -2.37. The van der Waals surface area contributed by atoms with E-state index in [9.17, 15) is 18.3 Å². The molecule has 1 aromatic carbocycles. The Labute approximate surface area is 216 Å². The summed E-state index contributed by atoms with van der Waals surface area (Å²) >= 11 is 6.89. The van der Waals surface area contributed by atoms with Crippen LogP contribution in [0, 0.1) is 5.92 Å². The van der Waals surface area contributed by atoms with Gasteiger partial charge in [0.2, 0.25) is 5.88 Å². The van der Waals surface area contributed by atoms with Gasteiger partial charge in [-0.3, -0.25) is 9.88 Å². The number of hydrogen-bond donors (Lipinski definition) is 1. The average Bonchev–Trinajstić information content (AvgIpc) is 3.29. The first kappa shape index (κ1) is 25.4. The van der Waals surface area contributed by atoms with Crippen molar-refractivity contribution in [3.63, 3.8) is 0 Å². The number of nitrogens with zero attached hydrogens (tertiary/aromatic N) is 5. The van der Waals surface area contributed by atoms with Crippen LogP contribution in [0.2, 0.25) is 5.02 Å². The van der Waals surface area contributed by atoms with Crippen molar-refractivity contribution in [2.45, 2.75) is 25.2 Å². The fourth-order valence-corrected chi connectivity index (χ4v) is 5.23. The second-order valence-corrected chi connectivity index (χ2v) is 9.85. The Morgan fingerprint density at radius 3 is 2.51 bits per heavy atom. The maximum Gasteiger partial charge on any atom is 0.433 e. The number of fused-ring (bicyclic) bond motifs is 1. The Balaban J connectivity index is 1.70. The number of likely N-dealkylation sites (tertiary alicyclic amines) is 1. The van der Waals surface area contributed by atoms with Gasteiger partial charge in [-0.05, 0) is 41.3 Å². The predicted octanol–water partition coefficient (Wildman–Crippen LogP) is 4.78. The summed E-state index contributed by atoms with van der Waals surface area (Å²) in [7, 11) is 3.19. The number of halogens is 4. The van der Waals surface area contributed by atoms with E-state index in [2.05, 4.69) is 26.8 Å². The number of aryl methyl sites for hydroxylation is 1. The van der Waals surface area contributed by atoms with E-state index in [0.717, 1.165) is 25.4 Å². The van der Waals surface area contributed by atoms with Crippen LogP contribution in [-0.4, -0.2) is 49.7 Å². The summed E-state index contributed by atoms with van der Waals surface area (Å²) < 4.78 is 47.6. The fourth-order valence-electron chi connectivity index (χ4n) is 4.93. The molecule has 1 fully saturated rings. The van der Waals surface area contributed by atoms with Crippen molar-refractivity contribution in [3.8, 4) is 5.88 Å². The molecule has 1 unspecified atom stereocenters. The monoisotopic (exact) mass is 531 g/mol. The van der Waals surface area contributed by atoms with Crippen LogP contribution in [0.3, 0.4) is 0 Å². The molecular formula is C26H25ClF3N5O2. The third-order valence-electron chi connectivity index (χ3n) is 6.77. The van der Waals surface area contributed by atoms with Gasteiger partial charge < -0.3 is 14.4 Å². The van der Waals surface area contributed by atoms with E-state index in [1.807, 2.05) is 0 Å². The Morgan fingerprint density at radius 2 is 1.89 bits per heavy atom. The van der Waals surface area contributed by atoms with E-state index in [-0.39, 0.29) is 11.3 Å². The van der Waals surface area contributed by atoms with Crippen molar-refractivity contribution < 1.29 is 23.0 Å². The summed E-state index contributed by atoms with van der Waals surface area (Å²) in [6.07, 6.45) is -0.757. The minimum Gasteiger partial charge on any atom is -0.481 e. The molecule has 5 rings (SSSR count). The van der Waals surface area contributed by atoms with Gasteiger partial charge in [0.1, 0.15) is 5.69 Å². The van der Waals surface area contributed by atoms with Crippen LogP contribution >= 0.6 is 11.6 Å². The number of ether oxygens (including phenoxy) is 1. The molecule has 0 aliphatic carbocycles. The van der Waals surface area contributed by atoms with Crippen molar-refractivity contribution in [2.24, 2.45) is 13.0 Å². The molecule has 1 atom stereocenters. The molecule has 4 aromatic rings. The highest BCUT2D eigenvalue weighted by atomic mass is 35.5. The van der Waals surface area contributed by atoms with Gasteiger partial charge in [0.05, 0.1) is 35.9 Å². The Hall–Kier alpha value is -3.21. The molecule has 1 saturated heterocycles. The molecule has 4 heterocycles. The number of benzene rings is 1. The molecule has 11 heteroatoms. The zero-order valence-corrected chi connectivity index (χ0v) is 21.2. The van der Waals surface area contributed by atoms with Crippen LogP contribution in [0.25, 0.3) is 10.9 Å². The van der Waals surface area contributed by atoms with Gasteiger partial charge in [-0.15, -0.1) is 0 Å². The molecule has 1 N–H and O–H groups in total. The van der Waals surface area contributed by atoms with E-state index < -0.39 is 17.5 Å². The van der Waals surface area contributed by atoms with E-state index in [0.29, 0.717) is 45.4 Å². The summed E-state index contributed by atoms with van der Waals surface area (Å²) in [6.45, 7) is 4.58. The number of pyridine rings is 2. The summed E-state index contributed by atoms with van der Waals surface area (Å²) in [5, 5.41) is 13.1. The van der Waals surface area contributed by atoms with Gasteiger partial charge in [0.15, 0.2) is 5.60 Å². The van der Waals surface area contributed by atoms with Crippen LogP contribution in [0.5, 0.6) is 5.88 Å². The first-order valence-corrected chi connectivity index (χ1v) is 12.0. The highest BCUT2D eigenvalue weighted by molar-refractivity contribution is 6.36. The van der Waals surface area contributed by atoms with E-state index in [1.165, 1.54) is 25.7 Å². The van der Waals surface area contributed by atoms with Crippen molar-refractivity contribution in [1.82, 2.24) is 24.4 Å². The Kier molecular flexibility index (Phi) is 6.37. The van der Waals surface area contributed by atoms with Gasteiger partial charge >= 0.3 is 6.18 Å². The van der Waals surface area contributed by atoms with Crippen molar-refractivity contribution in [3.05, 3.63) is 82.2 Å². The largest absolute Gasteiger partial charge is 0.481 e. The number of aromatic nitrogens is 4. The second kappa shape index (κ2) is 9.27. The number of imidazole rings is 1. The molecule has 1 aliphatic rings. The fraction of sp³-hybridized carbons (Fsp3) is 0.346. The molecule has 194 valence electrons. The lowest BCUT2D eigenvalue weighted by Crippen LogP contribution is -2.44. The Bertz CT molecular complexity index is 1470. The molecule has 37 heavy (non-hydrogen) atoms. The van der Waals surface area contributed by atoms with Crippen LogP contribution in [0.15, 0.2) is 49.1 Å². The van der Waals surface area contributed by atoms with Crippen LogP contribution < -0.4 is 4.74 Å². The molecule has 7 nitrogen and oxygen atoms in total. The summed E-state index contributed by atoms with van der Waals surface area (Å²) in [4.78, 5) is 14.4. The van der Waals surface area contributed by atoms with E-state index >= 15 is 0 Å². The third kappa shape index (κ3) is 4.43. The maximum atomic E-state index is 13.5. The number of hydrogen-bond acceptors (Lipinski definition) is 6. The second-order valence-electron chi connectivity index (χ2n) is 9.47. The van der Waals surface area contributed by atoms with Crippen LogP contribution in [-0.2, 0) is 25.4 Å². The van der Waals surface area contributed by atoms with Gasteiger partial charge in [-0.2, -0.15) is 13.2 Å². The van der Waals surface area contributed by atoms with Crippen molar-refractivity contribution in [1.29, 1.82) is 0 Å². The number of aliphatic hydroxyl groups is 1. The van der Waals surface area contributed by atoms with Crippen molar-refractivity contribution in [2.75, 3.05) is 20.2 Å². The molecule has 3 aromatic heterocycles. The third-order valence-corrected chi connectivity index (χ3v) is 7.20. The lowest BCUT2D eigenvalue weighted by atomic mass is 9.83. The van der Waals surface area contributed by atoms with Crippen LogP contribution in [0.1, 0.15) is 35.0 Å². The summed E-state index contributed by atoms with van der Waals surface area (Å²) in [5.41, 5.74) is -1.28. The Morgan fingerprint density at radius 1 is 1.16 bits per heavy atom. The predicted molar refractivity (Wildman–Crippen MR) is 132 cm³/mol. The number of rotatable bonds is 6. The first-order valence-electron chi connectivity index (χ1n) is 11.6. The number of alkyl halides is 3. The van der Waals surface area contributed by atoms with E-state index in [1.54, 1.807) is 29.8 Å². The SMILES string of the molecule is COc1nc2ccc(C(O)(c3ccnc(C(F)(F)F)c3)c3cncn3C)cc2c(Cl)c1CN1CC(C)C1. The zero-order chi connectivity index (χ0) is 26.5. The standard InChI is InChI=1S/C26H25ClF3N5O2/c1-15-11-35(12-15)13-19-23(27)18-8-16(4-5-20(18)33-24(19)37-3)25(36,22-10-31-14-34(22)2)17-6-7-32-21(9-17)26(28,29)30/h4-10,14-15,36H,11-13H2,1-3H3. The smallest absolute Gasteiger partial charge is 0.433 e. The molecule has 0 saturated carbocycles. The maximum absolute atomic E-state index is 13.5. The van der Waals surface area contributed by atoms with Gasteiger partial charge in [0, 0.05) is 43.8 Å². The molecule has 0 spiro atoms. The highest BCUT2D eigenvalue weighted by Crippen LogP contribution is 2.41. The van der Waals surface area contributed by atoms with Gasteiger partial charge in [0.25, 0.3) is 0 Å². The molecule has 1 aliphatic heterocycles. The van der Waals surface area contributed by atoms with Crippen molar-refractivity contribution >= 4 is 22.5 Å². The molecule has 0 bridgehead atoms. The zero-order valence-electron chi connectivity index (χ0n) is 20.4. The molecular weight excluding hydrogens is 507 g/mol. The first-order chi connectivity index (χ1) is 17.5. The van der Waals surface area contributed by atoms with Crippen LogP contribution in [0.4, 0.5) is 13.2 Å². The molecule has 0 amide bonds. The summed E-state index contributed by atoms with van der Waals surface area (Å²) in [5.74, 6) is 1.01. The minimum absolute atomic E-state index is 0.00911. The lowest BCUT2D eigenvalue weighted by molar-refractivity contribution is -0.141. The van der Waals surface area contributed by atoms with Gasteiger partial charge in [-0.25, -0.2) is 9.97 Å². The molecule has 0 radical (unpaired) electrons. The highest BCUT2D eigenvalue weighted by Gasteiger charge is 2.40. The topological polar surface area (TPSA) is 76.3 Å². The normalized spacial score (nSPS) is 16.5. The quantitative estimate of drug-likeness (QED) is 0.386. The minimum atomic E-state index is -4.68. The van der Waals surface area contributed by atoms with E-state index in [4.69, 9.17) is 16.3 Å². The number of methoxy groups -OCH3 is 1. The van der Waals surface area contributed by atoms with Gasteiger partial charge in [-0.1, -0.05) is 24.6 Å². The average molecular weight is 532 g/mol. The summed E-state index contributed by atoms with van der Waals surface area (Å²) in [6, 6.07) is 7.15.